The number of hydrogen-bond acceptors (Lipinski definition) is 6. The minimum atomic E-state index is -0.497. The molecule has 0 fully saturated rings. The molecule has 0 radical (unpaired) electrons. The van der Waals surface area contributed by atoms with Crippen molar-refractivity contribution >= 4 is 23.4 Å². The van der Waals surface area contributed by atoms with Gasteiger partial charge in [-0.2, -0.15) is 0 Å². The van der Waals surface area contributed by atoms with Gasteiger partial charge in [-0.15, -0.1) is 0 Å². The van der Waals surface area contributed by atoms with E-state index in [0.717, 1.165) is 4.90 Å². The van der Waals surface area contributed by atoms with E-state index >= 15 is 0 Å². The third kappa shape index (κ3) is 3.10. The van der Waals surface area contributed by atoms with Gasteiger partial charge < -0.3 is 9.72 Å². The topological polar surface area (TPSA) is 98.1 Å². The summed E-state index contributed by atoms with van der Waals surface area (Å²) >= 11 is 1.26. The molecule has 0 aliphatic rings. The highest BCUT2D eigenvalue weighted by Gasteiger charge is 2.11. The van der Waals surface area contributed by atoms with Crippen LogP contribution in [0.1, 0.15) is 10.5 Å². The molecule has 19 heavy (non-hydrogen) atoms. The number of non-ortho nitro benzene ring substituents is 1. The van der Waals surface area contributed by atoms with E-state index in [4.69, 9.17) is 0 Å². The highest BCUT2D eigenvalue weighted by atomic mass is 32.2. The van der Waals surface area contributed by atoms with Crippen LogP contribution in [0.5, 0.6) is 0 Å². The number of benzene rings is 1. The first kappa shape index (κ1) is 13.1. The van der Waals surface area contributed by atoms with Crippen LogP contribution in [0.15, 0.2) is 40.5 Å². The standard InChI is InChI=1S/C11H9N3O4S/c1-18-10(15)9-6-12-11(13-9)19-8-4-2-7(3-5-8)14(16)17/h2-6H,1H3,(H,12,13). The van der Waals surface area contributed by atoms with Crippen LogP contribution < -0.4 is 0 Å². The average Bonchev–Trinajstić information content (AvgIpc) is 2.87. The zero-order valence-corrected chi connectivity index (χ0v) is 10.6. The molecule has 0 spiro atoms. The summed E-state index contributed by atoms with van der Waals surface area (Å²) in [4.78, 5) is 28.8. The van der Waals surface area contributed by atoms with Gasteiger partial charge in [-0.1, -0.05) is 11.8 Å². The summed E-state index contributed by atoms with van der Waals surface area (Å²) in [7, 11) is 1.28. The molecule has 8 heteroatoms. The van der Waals surface area contributed by atoms with Gasteiger partial charge in [-0.25, -0.2) is 9.78 Å². The third-order valence-corrected chi connectivity index (χ3v) is 3.13. The number of aromatic nitrogens is 2. The Morgan fingerprint density at radius 2 is 2.11 bits per heavy atom. The summed E-state index contributed by atoms with van der Waals surface area (Å²) in [6, 6.07) is 6.05. The summed E-state index contributed by atoms with van der Waals surface area (Å²) in [6.45, 7) is 0. The van der Waals surface area contributed by atoms with E-state index in [1.807, 2.05) is 0 Å². The Labute approximate surface area is 112 Å². The highest BCUT2D eigenvalue weighted by molar-refractivity contribution is 7.99. The van der Waals surface area contributed by atoms with E-state index in [1.165, 1.54) is 37.2 Å². The number of carbonyl (C=O) groups excluding carboxylic acids is 1. The minimum Gasteiger partial charge on any atom is -0.464 e. The number of nitrogens with zero attached hydrogens (tertiary/aromatic N) is 2. The first-order valence-electron chi connectivity index (χ1n) is 5.16. The first-order chi connectivity index (χ1) is 9.10. The number of nitro groups is 1. The summed E-state index contributed by atoms with van der Waals surface area (Å²) in [6.07, 6.45) is 1.37. The maximum Gasteiger partial charge on any atom is 0.356 e. The maximum atomic E-state index is 11.2. The number of imidazole rings is 1. The van der Waals surface area contributed by atoms with E-state index in [0.29, 0.717) is 5.16 Å². The van der Waals surface area contributed by atoms with Gasteiger partial charge in [0.15, 0.2) is 5.16 Å². The molecule has 0 aliphatic heterocycles. The lowest BCUT2D eigenvalue weighted by atomic mass is 10.3. The lowest BCUT2D eigenvalue weighted by Crippen LogP contribution is -2.00. The molecule has 1 aromatic heterocycles. The van der Waals surface area contributed by atoms with Gasteiger partial charge in [0.1, 0.15) is 5.69 Å². The molecule has 0 amide bonds. The molecule has 2 aromatic rings. The van der Waals surface area contributed by atoms with Gasteiger partial charge >= 0.3 is 5.97 Å². The molecule has 98 valence electrons. The molecule has 1 N–H and O–H groups in total. The van der Waals surface area contributed by atoms with Crippen molar-refractivity contribution in [3.8, 4) is 0 Å². The van der Waals surface area contributed by atoms with Gasteiger partial charge in [0.25, 0.3) is 5.69 Å². The number of aromatic amines is 1. The Morgan fingerprint density at radius 3 is 2.68 bits per heavy atom. The van der Waals surface area contributed by atoms with Gasteiger partial charge in [-0.3, -0.25) is 10.1 Å². The SMILES string of the molecule is COC(=O)c1cnc(Sc2ccc([N+](=O)[O-])cc2)[nH]1. The van der Waals surface area contributed by atoms with Crippen LogP contribution in [0.25, 0.3) is 0 Å². The molecule has 0 aliphatic carbocycles. The van der Waals surface area contributed by atoms with Crippen LogP contribution in [0.4, 0.5) is 5.69 Å². The first-order valence-corrected chi connectivity index (χ1v) is 5.97. The number of methoxy groups -OCH3 is 1. The monoisotopic (exact) mass is 279 g/mol. The maximum absolute atomic E-state index is 11.2. The number of H-pyrrole nitrogens is 1. The third-order valence-electron chi connectivity index (χ3n) is 2.22. The number of ether oxygens (including phenoxy) is 1. The van der Waals surface area contributed by atoms with E-state index in [1.54, 1.807) is 12.1 Å². The van der Waals surface area contributed by atoms with Crippen LogP contribution in [-0.4, -0.2) is 28.0 Å². The van der Waals surface area contributed by atoms with Crippen LogP contribution in [0.2, 0.25) is 0 Å². The van der Waals surface area contributed by atoms with Crippen molar-refractivity contribution in [1.29, 1.82) is 0 Å². The molecule has 1 aromatic carbocycles. The largest absolute Gasteiger partial charge is 0.464 e. The second kappa shape index (κ2) is 5.53. The molecule has 0 atom stereocenters. The molecule has 0 unspecified atom stereocenters. The Bertz CT molecular complexity index is 609. The number of nitrogens with one attached hydrogen (secondary N) is 1. The second-order valence-corrected chi connectivity index (χ2v) is 4.51. The second-order valence-electron chi connectivity index (χ2n) is 3.45. The Kier molecular flexibility index (Phi) is 3.81. The molecule has 0 bridgehead atoms. The van der Waals surface area contributed by atoms with Crippen molar-refractivity contribution in [3.63, 3.8) is 0 Å². The molecule has 0 saturated carbocycles. The van der Waals surface area contributed by atoms with E-state index in [2.05, 4.69) is 14.7 Å². The lowest BCUT2D eigenvalue weighted by Gasteiger charge is -1.97. The minimum absolute atomic E-state index is 0.0269. The predicted octanol–water partition coefficient (Wildman–Crippen LogP) is 2.26. The molecular formula is C11H9N3O4S. The lowest BCUT2D eigenvalue weighted by molar-refractivity contribution is -0.384. The van der Waals surface area contributed by atoms with E-state index in [-0.39, 0.29) is 11.4 Å². The average molecular weight is 279 g/mol. The molecule has 1 heterocycles. The van der Waals surface area contributed by atoms with Gasteiger partial charge in [0.05, 0.1) is 18.2 Å². The van der Waals surface area contributed by atoms with Crippen molar-refractivity contribution in [3.05, 3.63) is 46.3 Å². The quantitative estimate of drug-likeness (QED) is 0.523. The Balaban J connectivity index is 2.10. The van der Waals surface area contributed by atoms with Gasteiger partial charge in [0.2, 0.25) is 0 Å². The zero-order chi connectivity index (χ0) is 13.8. The van der Waals surface area contributed by atoms with Crippen LogP contribution in [0, 0.1) is 10.1 Å². The fourth-order valence-electron chi connectivity index (χ4n) is 1.32. The fourth-order valence-corrected chi connectivity index (χ4v) is 2.08. The van der Waals surface area contributed by atoms with Gasteiger partial charge in [0, 0.05) is 17.0 Å². The van der Waals surface area contributed by atoms with Gasteiger partial charge in [-0.05, 0) is 12.1 Å². The van der Waals surface area contributed by atoms with Crippen molar-refractivity contribution in [1.82, 2.24) is 9.97 Å². The Morgan fingerprint density at radius 1 is 1.42 bits per heavy atom. The number of hydrogen-bond donors (Lipinski definition) is 1. The number of nitro benzene ring substituents is 1. The molecule has 0 saturated heterocycles. The zero-order valence-electron chi connectivity index (χ0n) is 9.82. The Hall–Kier alpha value is -2.35. The van der Waals surface area contributed by atoms with Crippen LogP contribution >= 0.6 is 11.8 Å². The smallest absolute Gasteiger partial charge is 0.356 e. The number of carbonyl (C=O) groups is 1. The summed E-state index contributed by atoms with van der Waals surface area (Å²) in [5.74, 6) is -0.497. The van der Waals surface area contributed by atoms with Crippen molar-refractivity contribution in [2.75, 3.05) is 7.11 Å². The fraction of sp³-hybridized carbons (Fsp3) is 0.0909. The van der Waals surface area contributed by atoms with E-state index in [9.17, 15) is 14.9 Å². The summed E-state index contributed by atoms with van der Waals surface area (Å²) in [5.41, 5.74) is 0.283. The number of esters is 1. The highest BCUT2D eigenvalue weighted by Crippen LogP contribution is 2.26. The van der Waals surface area contributed by atoms with E-state index < -0.39 is 10.9 Å². The van der Waals surface area contributed by atoms with Crippen molar-refractivity contribution < 1.29 is 14.5 Å². The van der Waals surface area contributed by atoms with Crippen molar-refractivity contribution in [2.24, 2.45) is 0 Å². The summed E-state index contributed by atoms with van der Waals surface area (Å²) in [5, 5.41) is 11.0. The van der Waals surface area contributed by atoms with Crippen molar-refractivity contribution in [2.45, 2.75) is 10.1 Å². The molecule has 2 rings (SSSR count). The molecular weight excluding hydrogens is 270 g/mol. The normalized spacial score (nSPS) is 10.2. The van der Waals surface area contributed by atoms with Crippen LogP contribution in [-0.2, 0) is 4.74 Å². The number of rotatable bonds is 4. The predicted molar refractivity (Wildman–Crippen MR) is 67.1 cm³/mol. The summed E-state index contributed by atoms with van der Waals surface area (Å²) < 4.78 is 4.55. The van der Waals surface area contributed by atoms with Crippen LogP contribution in [0.3, 0.4) is 0 Å². The molecule has 7 nitrogen and oxygen atoms in total.